The minimum absolute atomic E-state index is 0.282. The van der Waals surface area contributed by atoms with E-state index < -0.39 is 0 Å². The Labute approximate surface area is 72.4 Å². The van der Waals surface area contributed by atoms with Crippen LogP contribution in [0.4, 0.5) is 5.69 Å². The van der Waals surface area contributed by atoms with Crippen molar-refractivity contribution in [1.82, 2.24) is 0 Å². The van der Waals surface area contributed by atoms with Gasteiger partial charge in [-0.2, -0.15) is 0 Å². The van der Waals surface area contributed by atoms with Gasteiger partial charge in [-0.15, -0.1) is 0 Å². The fourth-order valence-corrected chi connectivity index (χ4v) is 1.10. The molecule has 0 atom stereocenters. The SMILES string of the molecule is CN(C)c1cccc(CN)c1O. The van der Waals surface area contributed by atoms with Crippen LogP contribution in [0.3, 0.4) is 0 Å². The standard InChI is InChI=1S/C9H14N2O/c1-11(2)8-5-3-4-7(6-10)9(8)12/h3-5,12H,6,10H2,1-2H3. The molecule has 0 fully saturated rings. The van der Waals surface area contributed by atoms with Crippen LogP contribution in [-0.2, 0) is 6.54 Å². The topological polar surface area (TPSA) is 49.5 Å². The Bertz CT molecular complexity index is 271. The van der Waals surface area contributed by atoms with Gasteiger partial charge < -0.3 is 15.7 Å². The number of para-hydroxylation sites is 1. The fraction of sp³-hybridized carbons (Fsp3) is 0.333. The molecule has 0 heterocycles. The van der Waals surface area contributed by atoms with Gasteiger partial charge in [0.1, 0.15) is 5.75 Å². The molecule has 0 bridgehead atoms. The number of phenols is 1. The molecule has 66 valence electrons. The normalized spacial score (nSPS) is 9.92. The third kappa shape index (κ3) is 1.51. The molecule has 3 heteroatoms. The van der Waals surface area contributed by atoms with E-state index in [1.165, 1.54) is 0 Å². The smallest absolute Gasteiger partial charge is 0.143 e. The predicted octanol–water partition coefficient (Wildman–Crippen LogP) is 0.917. The maximum absolute atomic E-state index is 9.64. The first-order valence-electron chi connectivity index (χ1n) is 3.85. The average Bonchev–Trinajstić information content (AvgIpc) is 2.04. The van der Waals surface area contributed by atoms with Crippen LogP contribution in [0.15, 0.2) is 18.2 Å². The van der Waals surface area contributed by atoms with Crippen molar-refractivity contribution < 1.29 is 5.11 Å². The lowest BCUT2D eigenvalue weighted by Crippen LogP contribution is -2.10. The van der Waals surface area contributed by atoms with Gasteiger partial charge in [-0.25, -0.2) is 0 Å². The Balaban J connectivity index is 3.14. The number of hydrogen-bond acceptors (Lipinski definition) is 3. The van der Waals surface area contributed by atoms with Crippen molar-refractivity contribution in [2.45, 2.75) is 6.54 Å². The van der Waals surface area contributed by atoms with Crippen molar-refractivity contribution in [3.63, 3.8) is 0 Å². The van der Waals surface area contributed by atoms with Crippen molar-refractivity contribution >= 4 is 5.69 Å². The Morgan fingerprint density at radius 3 is 2.58 bits per heavy atom. The summed E-state index contributed by atoms with van der Waals surface area (Å²) in [6.45, 7) is 0.369. The van der Waals surface area contributed by atoms with E-state index in [9.17, 15) is 5.11 Å². The Hall–Kier alpha value is -1.22. The first kappa shape index (κ1) is 8.87. The molecule has 0 unspecified atom stereocenters. The molecule has 0 aliphatic heterocycles. The number of nitrogens with zero attached hydrogens (tertiary/aromatic N) is 1. The zero-order valence-electron chi connectivity index (χ0n) is 7.41. The molecule has 0 saturated heterocycles. The summed E-state index contributed by atoms with van der Waals surface area (Å²) in [6.07, 6.45) is 0. The highest BCUT2D eigenvalue weighted by atomic mass is 16.3. The highest BCUT2D eigenvalue weighted by Crippen LogP contribution is 2.28. The number of benzene rings is 1. The molecule has 0 aliphatic rings. The van der Waals surface area contributed by atoms with Crippen LogP contribution in [0.25, 0.3) is 0 Å². The molecule has 3 nitrogen and oxygen atoms in total. The summed E-state index contributed by atoms with van der Waals surface area (Å²) < 4.78 is 0. The van der Waals surface area contributed by atoms with E-state index in [-0.39, 0.29) is 5.75 Å². The Kier molecular flexibility index (Phi) is 2.55. The number of hydrogen-bond donors (Lipinski definition) is 2. The van der Waals surface area contributed by atoms with Gasteiger partial charge in [-0.1, -0.05) is 12.1 Å². The maximum Gasteiger partial charge on any atom is 0.143 e. The lowest BCUT2D eigenvalue weighted by Gasteiger charge is -2.15. The Morgan fingerprint density at radius 2 is 2.08 bits per heavy atom. The minimum atomic E-state index is 0.282. The molecule has 0 aliphatic carbocycles. The second kappa shape index (κ2) is 3.45. The fourth-order valence-electron chi connectivity index (χ4n) is 1.10. The van der Waals surface area contributed by atoms with Crippen LogP contribution < -0.4 is 10.6 Å². The third-order valence-electron chi connectivity index (χ3n) is 1.80. The lowest BCUT2D eigenvalue weighted by atomic mass is 10.1. The molecule has 1 aromatic rings. The minimum Gasteiger partial charge on any atom is -0.505 e. The number of nitrogens with two attached hydrogens (primary N) is 1. The van der Waals surface area contributed by atoms with Gasteiger partial charge in [0.15, 0.2) is 0 Å². The van der Waals surface area contributed by atoms with Gasteiger partial charge in [0, 0.05) is 26.2 Å². The van der Waals surface area contributed by atoms with E-state index in [2.05, 4.69) is 0 Å². The van der Waals surface area contributed by atoms with Gasteiger partial charge >= 0.3 is 0 Å². The van der Waals surface area contributed by atoms with Crippen molar-refractivity contribution in [2.75, 3.05) is 19.0 Å². The van der Waals surface area contributed by atoms with Gasteiger partial charge in [-0.05, 0) is 6.07 Å². The van der Waals surface area contributed by atoms with Crippen LogP contribution in [-0.4, -0.2) is 19.2 Å². The number of rotatable bonds is 2. The summed E-state index contributed by atoms with van der Waals surface area (Å²) in [6, 6.07) is 5.56. The largest absolute Gasteiger partial charge is 0.505 e. The second-order valence-electron chi connectivity index (χ2n) is 2.88. The van der Waals surface area contributed by atoms with Gasteiger partial charge in [0.05, 0.1) is 5.69 Å². The van der Waals surface area contributed by atoms with Crippen molar-refractivity contribution in [2.24, 2.45) is 5.73 Å². The molecule has 0 aromatic heterocycles. The zero-order chi connectivity index (χ0) is 9.14. The number of anilines is 1. The zero-order valence-corrected chi connectivity index (χ0v) is 7.41. The molecule has 3 N–H and O–H groups in total. The summed E-state index contributed by atoms with van der Waals surface area (Å²) in [5, 5.41) is 9.64. The summed E-state index contributed by atoms with van der Waals surface area (Å²) in [4.78, 5) is 1.86. The van der Waals surface area contributed by atoms with E-state index >= 15 is 0 Å². The van der Waals surface area contributed by atoms with Crippen LogP contribution in [0.1, 0.15) is 5.56 Å². The van der Waals surface area contributed by atoms with Crippen molar-refractivity contribution in [3.8, 4) is 5.75 Å². The number of phenolic OH excluding ortho intramolecular Hbond substituents is 1. The summed E-state index contributed by atoms with van der Waals surface area (Å²) in [5.74, 6) is 0.282. The van der Waals surface area contributed by atoms with Crippen LogP contribution in [0.5, 0.6) is 5.75 Å². The van der Waals surface area contributed by atoms with E-state index in [4.69, 9.17) is 5.73 Å². The molecule has 12 heavy (non-hydrogen) atoms. The molecule has 1 aromatic carbocycles. The first-order chi connectivity index (χ1) is 5.66. The van der Waals surface area contributed by atoms with Crippen LogP contribution in [0, 0.1) is 0 Å². The predicted molar refractivity (Wildman–Crippen MR) is 50.3 cm³/mol. The van der Waals surface area contributed by atoms with Gasteiger partial charge in [0.25, 0.3) is 0 Å². The average molecular weight is 166 g/mol. The van der Waals surface area contributed by atoms with E-state index in [1.54, 1.807) is 0 Å². The monoisotopic (exact) mass is 166 g/mol. The highest BCUT2D eigenvalue weighted by Gasteiger charge is 2.05. The van der Waals surface area contributed by atoms with Crippen molar-refractivity contribution in [1.29, 1.82) is 0 Å². The van der Waals surface area contributed by atoms with Crippen LogP contribution in [0.2, 0.25) is 0 Å². The summed E-state index contributed by atoms with van der Waals surface area (Å²) >= 11 is 0. The van der Waals surface area contributed by atoms with E-state index in [0.29, 0.717) is 6.54 Å². The van der Waals surface area contributed by atoms with Crippen LogP contribution >= 0.6 is 0 Å². The lowest BCUT2D eigenvalue weighted by molar-refractivity contribution is 0.469. The van der Waals surface area contributed by atoms with Crippen molar-refractivity contribution in [3.05, 3.63) is 23.8 Å². The highest BCUT2D eigenvalue weighted by molar-refractivity contribution is 5.60. The number of aromatic hydroxyl groups is 1. The second-order valence-corrected chi connectivity index (χ2v) is 2.88. The van der Waals surface area contributed by atoms with E-state index in [1.807, 2.05) is 37.2 Å². The maximum atomic E-state index is 9.64. The summed E-state index contributed by atoms with van der Waals surface area (Å²) in [7, 11) is 3.77. The van der Waals surface area contributed by atoms with Gasteiger partial charge in [0.2, 0.25) is 0 Å². The molecular formula is C9H14N2O. The molecule has 0 radical (unpaired) electrons. The molecule has 0 saturated carbocycles. The molecule has 1 rings (SSSR count). The molecular weight excluding hydrogens is 152 g/mol. The quantitative estimate of drug-likeness (QED) is 0.686. The Morgan fingerprint density at radius 1 is 1.42 bits per heavy atom. The summed E-state index contributed by atoms with van der Waals surface area (Å²) in [5.41, 5.74) is 7.02. The first-order valence-corrected chi connectivity index (χ1v) is 3.85. The van der Waals surface area contributed by atoms with Gasteiger partial charge in [-0.3, -0.25) is 0 Å². The molecule has 0 amide bonds. The molecule has 0 spiro atoms. The van der Waals surface area contributed by atoms with E-state index in [0.717, 1.165) is 11.3 Å². The third-order valence-corrected chi connectivity index (χ3v) is 1.80.